The third-order valence-corrected chi connectivity index (χ3v) is 3.11. The summed E-state index contributed by atoms with van der Waals surface area (Å²) in [5.41, 5.74) is 0.663. The summed E-state index contributed by atoms with van der Waals surface area (Å²) in [6.07, 6.45) is 0.970. The summed E-state index contributed by atoms with van der Waals surface area (Å²) in [5.74, 6) is 2.04. The summed E-state index contributed by atoms with van der Waals surface area (Å²) < 4.78 is 10.3. The molecule has 1 amide bonds. The van der Waals surface area contributed by atoms with E-state index in [2.05, 4.69) is 12.2 Å². The maximum Gasteiger partial charge on any atom is 0.227 e. The van der Waals surface area contributed by atoms with Gasteiger partial charge in [-0.3, -0.25) is 4.79 Å². The Morgan fingerprint density at radius 3 is 2.59 bits per heavy atom. The molecule has 1 saturated carbocycles. The molecule has 1 aliphatic carbocycles. The van der Waals surface area contributed by atoms with Crippen molar-refractivity contribution in [3.8, 4) is 11.5 Å². The first kappa shape index (κ1) is 11.8. The van der Waals surface area contributed by atoms with Crippen LogP contribution in [-0.4, -0.2) is 20.1 Å². The van der Waals surface area contributed by atoms with Crippen LogP contribution in [0.2, 0.25) is 0 Å². The molecule has 0 aliphatic heterocycles. The fourth-order valence-electron chi connectivity index (χ4n) is 1.82. The van der Waals surface area contributed by atoms with Gasteiger partial charge in [0.2, 0.25) is 5.91 Å². The highest BCUT2D eigenvalue weighted by molar-refractivity contribution is 5.95. The monoisotopic (exact) mass is 235 g/mol. The highest BCUT2D eigenvalue weighted by Crippen LogP contribution is 2.39. The second-order valence-electron chi connectivity index (χ2n) is 4.37. The zero-order valence-electron chi connectivity index (χ0n) is 10.3. The van der Waals surface area contributed by atoms with E-state index in [1.807, 2.05) is 0 Å². The Kier molecular flexibility index (Phi) is 3.22. The van der Waals surface area contributed by atoms with E-state index in [-0.39, 0.29) is 11.8 Å². The van der Waals surface area contributed by atoms with Crippen LogP contribution < -0.4 is 14.8 Å². The maximum absolute atomic E-state index is 11.8. The minimum atomic E-state index is 0.0593. The van der Waals surface area contributed by atoms with E-state index in [9.17, 15) is 4.79 Å². The van der Waals surface area contributed by atoms with Crippen molar-refractivity contribution in [2.45, 2.75) is 13.3 Å². The molecular weight excluding hydrogens is 218 g/mol. The maximum atomic E-state index is 11.8. The van der Waals surface area contributed by atoms with Crippen molar-refractivity contribution < 1.29 is 14.3 Å². The Bertz CT molecular complexity index is 431. The van der Waals surface area contributed by atoms with Crippen molar-refractivity contribution in [2.24, 2.45) is 11.8 Å². The molecule has 92 valence electrons. The number of benzene rings is 1. The van der Waals surface area contributed by atoms with Crippen molar-refractivity contribution in [2.75, 3.05) is 19.5 Å². The van der Waals surface area contributed by atoms with Gasteiger partial charge in [0.05, 0.1) is 19.9 Å². The summed E-state index contributed by atoms with van der Waals surface area (Å²) in [6.45, 7) is 2.08. The molecule has 4 heteroatoms. The van der Waals surface area contributed by atoms with E-state index in [1.54, 1.807) is 32.4 Å². The van der Waals surface area contributed by atoms with Crippen LogP contribution in [0.4, 0.5) is 5.69 Å². The van der Waals surface area contributed by atoms with E-state index in [1.165, 1.54) is 0 Å². The van der Waals surface area contributed by atoms with Crippen molar-refractivity contribution in [3.63, 3.8) is 0 Å². The lowest BCUT2D eigenvalue weighted by Crippen LogP contribution is -2.15. The predicted octanol–water partition coefficient (Wildman–Crippen LogP) is 2.30. The van der Waals surface area contributed by atoms with Gasteiger partial charge in [0, 0.05) is 12.0 Å². The van der Waals surface area contributed by atoms with E-state index in [0.29, 0.717) is 23.1 Å². The van der Waals surface area contributed by atoms with Crippen LogP contribution in [0.25, 0.3) is 0 Å². The number of ether oxygens (including phenoxy) is 2. The Morgan fingerprint density at radius 1 is 1.35 bits per heavy atom. The number of hydrogen-bond donors (Lipinski definition) is 1. The molecule has 2 atom stereocenters. The van der Waals surface area contributed by atoms with E-state index in [0.717, 1.165) is 6.42 Å². The lowest BCUT2D eigenvalue weighted by atomic mass is 10.2. The van der Waals surface area contributed by atoms with E-state index in [4.69, 9.17) is 9.47 Å². The van der Waals surface area contributed by atoms with Crippen LogP contribution in [0.5, 0.6) is 11.5 Å². The molecule has 0 aromatic heterocycles. The van der Waals surface area contributed by atoms with Crippen molar-refractivity contribution in [3.05, 3.63) is 18.2 Å². The van der Waals surface area contributed by atoms with Crippen LogP contribution in [0.15, 0.2) is 18.2 Å². The predicted molar refractivity (Wildman–Crippen MR) is 65.4 cm³/mol. The van der Waals surface area contributed by atoms with Crippen LogP contribution in [0, 0.1) is 11.8 Å². The van der Waals surface area contributed by atoms with Crippen molar-refractivity contribution >= 4 is 11.6 Å². The summed E-state index contributed by atoms with van der Waals surface area (Å²) in [7, 11) is 3.17. The molecule has 17 heavy (non-hydrogen) atoms. The molecule has 2 rings (SSSR count). The molecule has 1 aliphatic rings. The van der Waals surface area contributed by atoms with Crippen molar-refractivity contribution in [1.82, 2.24) is 0 Å². The van der Waals surface area contributed by atoms with Crippen LogP contribution >= 0.6 is 0 Å². The number of amides is 1. The third-order valence-electron chi connectivity index (χ3n) is 3.11. The number of carbonyl (C=O) groups excluding carboxylic acids is 1. The second kappa shape index (κ2) is 4.65. The Morgan fingerprint density at radius 2 is 2.06 bits per heavy atom. The van der Waals surface area contributed by atoms with Gasteiger partial charge in [-0.25, -0.2) is 0 Å². The molecule has 4 nitrogen and oxygen atoms in total. The van der Waals surface area contributed by atoms with Gasteiger partial charge in [-0.05, 0) is 24.5 Å². The first-order valence-corrected chi connectivity index (χ1v) is 5.68. The molecule has 0 radical (unpaired) electrons. The van der Waals surface area contributed by atoms with Gasteiger partial charge in [-0.2, -0.15) is 0 Å². The molecule has 1 fully saturated rings. The van der Waals surface area contributed by atoms with Crippen LogP contribution in [0.1, 0.15) is 13.3 Å². The molecular formula is C13H17NO3. The molecule has 1 aromatic rings. The van der Waals surface area contributed by atoms with Crippen LogP contribution in [-0.2, 0) is 4.79 Å². The zero-order valence-corrected chi connectivity index (χ0v) is 10.3. The largest absolute Gasteiger partial charge is 0.497 e. The molecule has 1 N–H and O–H groups in total. The quantitative estimate of drug-likeness (QED) is 0.871. The van der Waals surface area contributed by atoms with Crippen molar-refractivity contribution in [1.29, 1.82) is 0 Å². The number of nitrogens with one attached hydrogen (secondary N) is 1. The van der Waals surface area contributed by atoms with E-state index >= 15 is 0 Å². The van der Waals surface area contributed by atoms with Gasteiger partial charge in [-0.15, -0.1) is 0 Å². The Balaban J connectivity index is 2.15. The van der Waals surface area contributed by atoms with Gasteiger partial charge in [0.25, 0.3) is 0 Å². The second-order valence-corrected chi connectivity index (χ2v) is 4.37. The lowest BCUT2D eigenvalue weighted by molar-refractivity contribution is -0.117. The van der Waals surface area contributed by atoms with Gasteiger partial charge < -0.3 is 14.8 Å². The highest BCUT2D eigenvalue weighted by Gasteiger charge is 2.39. The molecule has 1 aromatic carbocycles. The molecule has 0 heterocycles. The third kappa shape index (κ3) is 2.52. The number of hydrogen-bond acceptors (Lipinski definition) is 3. The number of carbonyl (C=O) groups is 1. The van der Waals surface area contributed by atoms with Gasteiger partial charge in [0.15, 0.2) is 0 Å². The molecule has 0 saturated heterocycles. The topological polar surface area (TPSA) is 47.6 Å². The molecule has 0 unspecified atom stereocenters. The minimum Gasteiger partial charge on any atom is -0.497 e. The summed E-state index contributed by atoms with van der Waals surface area (Å²) in [4.78, 5) is 11.8. The lowest BCUT2D eigenvalue weighted by Gasteiger charge is -2.11. The summed E-state index contributed by atoms with van der Waals surface area (Å²) in [5, 5.41) is 2.88. The fraction of sp³-hybridized carbons (Fsp3) is 0.462. The SMILES string of the molecule is COc1ccc(OC)c(NC(=O)[C@@H]2C[C@@H]2C)c1. The van der Waals surface area contributed by atoms with Gasteiger partial charge in [0.1, 0.15) is 11.5 Å². The molecule has 0 spiro atoms. The minimum absolute atomic E-state index is 0.0593. The smallest absolute Gasteiger partial charge is 0.227 e. The highest BCUT2D eigenvalue weighted by atomic mass is 16.5. The van der Waals surface area contributed by atoms with Gasteiger partial charge in [-0.1, -0.05) is 6.92 Å². The summed E-state index contributed by atoms with van der Waals surface area (Å²) >= 11 is 0. The fourth-order valence-corrected chi connectivity index (χ4v) is 1.82. The average molecular weight is 235 g/mol. The van der Waals surface area contributed by atoms with E-state index < -0.39 is 0 Å². The Labute approximate surface area is 101 Å². The number of rotatable bonds is 4. The number of methoxy groups -OCH3 is 2. The van der Waals surface area contributed by atoms with Gasteiger partial charge >= 0.3 is 0 Å². The summed E-state index contributed by atoms with van der Waals surface area (Å²) in [6, 6.07) is 5.35. The zero-order chi connectivity index (χ0) is 12.4. The number of anilines is 1. The normalized spacial score (nSPS) is 21.8. The first-order valence-electron chi connectivity index (χ1n) is 5.68. The standard InChI is InChI=1S/C13H17NO3/c1-8-6-10(8)13(15)14-11-7-9(16-2)4-5-12(11)17-3/h4-5,7-8,10H,6H2,1-3H3,(H,14,15)/t8-,10+/m0/s1. The average Bonchev–Trinajstić information content (AvgIpc) is 3.06. The Hall–Kier alpha value is -1.71. The van der Waals surface area contributed by atoms with Crippen LogP contribution in [0.3, 0.4) is 0 Å². The first-order chi connectivity index (χ1) is 8.15. The molecule has 0 bridgehead atoms.